The molecule has 0 amide bonds. The molecule has 0 aliphatic carbocycles. The summed E-state index contributed by atoms with van der Waals surface area (Å²) in [7, 11) is 0. The Morgan fingerprint density at radius 2 is 2.00 bits per heavy atom. The highest BCUT2D eigenvalue weighted by atomic mass is 16.5. The molecule has 0 heterocycles. The van der Waals surface area contributed by atoms with Crippen molar-refractivity contribution in [1.29, 1.82) is 0 Å². The molecule has 31 valence electrons. The summed E-state index contributed by atoms with van der Waals surface area (Å²) < 4.78 is 0. The highest BCUT2D eigenvalue weighted by Gasteiger charge is 1.80. The number of aliphatic hydroxyl groups is 1. The Morgan fingerprint density at radius 3 is 2.00 bits per heavy atom. The van der Waals surface area contributed by atoms with E-state index in [1.165, 1.54) is 5.48 Å². The molecule has 0 saturated heterocycles. The van der Waals surface area contributed by atoms with Gasteiger partial charge < -0.3 is 10.3 Å². The third-order valence-corrected chi connectivity index (χ3v) is 0.149. The van der Waals surface area contributed by atoms with Crippen LogP contribution in [0.3, 0.4) is 0 Å². The molecule has 3 N–H and O–H groups in total. The van der Waals surface area contributed by atoms with E-state index in [4.69, 9.17) is 10.3 Å². The van der Waals surface area contributed by atoms with Crippen molar-refractivity contribution in [2.24, 2.45) is 0 Å². The van der Waals surface area contributed by atoms with Crippen LogP contribution < -0.4 is 5.48 Å². The van der Waals surface area contributed by atoms with Gasteiger partial charge in [-0.15, -0.1) is 0 Å². The van der Waals surface area contributed by atoms with Crippen LogP contribution in [0.1, 0.15) is 0 Å². The lowest BCUT2D eigenvalue weighted by Crippen LogP contribution is -2.20. The van der Waals surface area contributed by atoms with Crippen LogP contribution in [-0.2, 0) is 0 Å². The zero-order valence-electron chi connectivity index (χ0n) is 2.68. The molecule has 0 aromatic heterocycles. The molecular weight excluding hydrogens is 70.0 g/mol. The molecule has 0 aliphatic heterocycles. The molecule has 0 spiro atoms. The maximum absolute atomic E-state index is 7.89. The van der Waals surface area contributed by atoms with Crippen LogP contribution in [0.5, 0.6) is 0 Å². The van der Waals surface area contributed by atoms with Crippen LogP contribution in [0.25, 0.3) is 0 Å². The minimum absolute atomic E-state index is 1.06. The standard InChI is InChI=1S/C2H6NO2/c1-2(4)3-5/h2-5H,1H2. The summed E-state index contributed by atoms with van der Waals surface area (Å²) in [6.45, 7) is 2.95. The van der Waals surface area contributed by atoms with Crippen molar-refractivity contribution in [3.8, 4) is 0 Å². The van der Waals surface area contributed by atoms with E-state index in [1.54, 1.807) is 0 Å². The van der Waals surface area contributed by atoms with E-state index in [-0.39, 0.29) is 0 Å². The fourth-order valence-corrected chi connectivity index (χ4v) is 0. The van der Waals surface area contributed by atoms with Crippen molar-refractivity contribution in [2.45, 2.75) is 6.23 Å². The lowest BCUT2D eigenvalue weighted by Gasteiger charge is -1.93. The molecule has 1 radical (unpaired) electrons. The second-order valence-corrected chi connectivity index (χ2v) is 0.645. The summed E-state index contributed by atoms with van der Waals surface area (Å²) in [6.07, 6.45) is -1.06. The Kier molecular flexibility index (Phi) is 2.09. The normalized spacial score (nSPS) is 15.0. The number of nitrogens with one attached hydrogen (secondary N) is 1. The molecule has 0 aromatic rings. The lowest BCUT2D eigenvalue weighted by molar-refractivity contribution is 0.0301. The quantitative estimate of drug-likeness (QED) is 0.281. The first kappa shape index (κ1) is 4.88. The van der Waals surface area contributed by atoms with Gasteiger partial charge in [-0.2, -0.15) is 5.48 Å². The molecule has 0 bridgehead atoms. The van der Waals surface area contributed by atoms with E-state index < -0.39 is 6.23 Å². The molecule has 3 heteroatoms. The van der Waals surface area contributed by atoms with Crippen LogP contribution in [0.2, 0.25) is 0 Å². The van der Waals surface area contributed by atoms with Gasteiger partial charge in [0.25, 0.3) is 0 Å². The average molecular weight is 76.1 g/mol. The molecule has 0 fully saturated rings. The van der Waals surface area contributed by atoms with E-state index in [0.29, 0.717) is 0 Å². The van der Waals surface area contributed by atoms with Crippen molar-refractivity contribution >= 4 is 0 Å². The number of hydrogen-bond acceptors (Lipinski definition) is 3. The molecule has 5 heavy (non-hydrogen) atoms. The van der Waals surface area contributed by atoms with Gasteiger partial charge in [0.1, 0.15) is 6.23 Å². The van der Waals surface area contributed by atoms with E-state index >= 15 is 0 Å². The number of rotatable bonds is 1. The van der Waals surface area contributed by atoms with Crippen molar-refractivity contribution in [2.75, 3.05) is 0 Å². The summed E-state index contributed by atoms with van der Waals surface area (Å²) in [4.78, 5) is 0. The second kappa shape index (κ2) is 2.14. The molecule has 0 rings (SSSR count). The van der Waals surface area contributed by atoms with Crippen molar-refractivity contribution in [1.82, 2.24) is 5.48 Å². The minimum Gasteiger partial charge on any atom is -0.377 e. The van der Waals surface area contributed by atoms with Crippen LogP contribution in [0.15, 0.2) is 0 Å². The highest BCUT2D eigenvalue weighted by molar-refractivity contribution is 4.40. The Hall–Kier alpha value is -0.120. The van der Waals surface area contributed by atoms with Crippen LogP contribution >= 0.6 is 0 Å². The topological polar surface area (TPSA) is 52.5 Å². The minimum atomic E-state index is -1.06. The van der Waals surface area contributed by atoms with Gasteiger partial charge >= 0.3 is 0 Å². The Balaban J connectivity index is 2.54. The lowest BCUT2D eigenvalue weighted by atomic mass is 10.7. The molecule has 0 saturated carbocycles. The summed E-state index contributed by atoms with van der Waals surface area (Å²) >= 11 is 0. The van der Waals surface area contributed by atoms with Crippen molar-refractivity contribution in [3.63, 3.8) is 0 Å². The summed E-state index contributed by atoms with van der Waals surface area (Å²) in [5.74, 6) is 0. The van der Waals surface area contributed by atoms with Gasteiger partial charge in [0.15, 0.2) is 0 Å². The Labute approximate surface area is 30.2 Å². The van der Waals surface area contributed by atoms with E-state index in [2.05, 4.69) is 6.92 Å². The number of aliphatic hydroxyl groups excluding tert-OH is 1. The largest absolute Gasteiger partial charge is 0.377 e. The third-order valence-electron chi connectivity index (χ3n) is 0.149. The molecule has 0 aromatic carbocycles. The van der Waals surface area contributed by atoms with E-state index in [1.807, 2.05) is 0 Å². The SMILES string of the molecule is [CH2]C(O)NO. The Bertz CT molecular complexity index is 21.6. The predicted molar refractivity (Wildman–Crippen MR) is 16.3 cm³/mol. The summed E-state index contributed by atoms with van der Waals surface area (Å²) in [6, 6.07) is 0. The zero-order chi connectivity index (χ0) is 4.28. The molecule has 3 nitrogen and oxygen atoms in total. The number of hydrogen-bond donors (Lipinski definition) is 3. The first-order valence-corrected chi connectivity index (χ1v) is 1.18. The van der Waals surface area contributed by atoms with E-state index in [9.17, 15) is 0 Å². The maximum atomic E-state index is 7.89. The third kappa shape index (κ3) is 3.88. The number of hydroxylamine groups is 1. The maximum Gasteiger partial charge on any atom is 0.127 e. The smallest absolute Gasteiger partial charge is 0.127 e. The second-order valence-electron chi connectivity index (χ2n) is 0.645. The van der Waals surface area contributed by atoms with Crippen molar-refractivity contribution < 1.29 is 10.3 Å². The van der Waals surface area contributed by atoms with Gasteiger partial charge in [0.2, 0.25) is 0 Å². The highest BCUT2D eigenvalue weighted by Crippen LogP contribution is 1.58. The van der Waals surface area contributed by atoms with Gasteiger partial charge in [-0.25, -0.2) is 0 Å². The van der Waals surface area contributed by atoms with Gasteiger partial charge in [0, 0.05) is 0 Å². The van der Waals surface area contributed by atoms with Gasteiger partial charge in [-0.1, -0.05) is 0 Å². The predicted octanol–water partition coefficient (Wildman–Crippen LogP) is -0.882. The monoisotopic (exact) mass is 76.0 g/mol. The fraction of sp³-hybridized carbons (Fsp3) is 0.500. The van der Waals surface area contributed by atoms with Crippen LogP contribution in [0, 0.1) is 6.92 Å². The first-order chi connectivity index (χ1) is 2.27. The first-order valence-electron chi connectivity index (χ1n) is 1.18. The van der Waals surface area contributed by atoms with Gasteiger partial charge in [-0.3, -0.25) is 0 Å². The Morgan fingerprint density at radius 1 is 1.80 bits per heavy atom. The molecule has 1 unspecified atom stereocenters. The van der Waals surface area contributed by atoms with Crippen LogP contribution in [0.4, 0.5) is 0 Å². The van der Waals surface area contributed by atoms with Crippen molar-refractivity contribution in [3.05, 3.63) is 6.92 Å². The molecular formula is C2H6NO2. The fourth-order valence-electron chi connectivity index (χ4n) is 0. The van der Waals surface area contributed by atoms with Gasteiger partial charge in [0.05, 0.1) is 0 Å². The molecule has 1 atom stereocenters. The molecule has 0 aliphatic rings. The van der Waals surface area contributed by atoms with E-state index in [0.717, 1.165) is 0 Å². The average Bonchev–Trinajstić information content (AvgIpc) is 1.38. The summed E-state index contributed by atoms with van der Waals surface area (Å²) in [5.41, 5.74) is 1.47. The van der Waals surface area contributed by atoms with Gasteiger partial charge in [-0.05, 0) is 6.92 Å². The summed E-state index contributed by atoms with van der Waals surface area (Å²) in [5, 5.41) is 15.5. The zero-order valence-corrected chi connectivity index (χ0v) is 2.68. The van der Waals surface area contributed by atoms with Crippen LogP contribution in [-0.4, -0.2) is 16.5 Å².